The fraction of sp³-hybridized carbons (Fsp3) is 0. The molecular weight excluding hydrogens is 583 g/mol. The van der Waals surface area contributed by atoms with Gasteiger partial charge in [-0.2, -0.15) is 0 Å². The number of nitrogens with zero attached hydrogens (tertiary/aromatic N) is 6. The summed E-state index contributed by atoms with van der Waals surface area (Å²) < 4.78 is 30.2. The number of aromatic nitrogens is 6. The predicted octanol–water partition coefficient (Wildman–Crippen LogP) is 4.71. The van der Waals surface area contributed by atoms with Crippen molar-refractivity contribution in [2.75, 3.05) is 0 Å². The van der Waals surface area contributed by atoms with Crippen molar-refractivity contribution in [1.29, 1.82) is 0 Å². The molecule has 4 aromatic carbocycles. The van der Waals surface area contributed by atoms with Crippen LogP contribution < -0.4 is 20.7 Å². The minimum Gasteiger partial charge on any atom is -0.261 e. The van der Waals surface area contributed by atoms with Gasteiger partial charge in [-0.15, -0.1) is 0 Å². The average molecular weight is 607 g/mol. The van der Waals surface area contributed by atoms with E-state index in [1.165, 1.54) is 12.1 Å². The molecule has 0 aliphatic rings. The molecule has 0 fully saturated rings. The lowest BCUT2D eigenvalue weighted by Crippen LogP contribution is -2.74. The summed E-state index contributed by atoms with van der Waals surface area (Å²) in [5, 5.41) is 3.41. The van der Waals surface area contributed by atoms with Crippen LogP contribution in [-0.4, -0.2) is 38.0 Å². The van der Waals surface area contributed by atoms with Crippen LogP contribution in [0.3, 0.4) is 0 Å². The normalized spacial score (nSPS) is 11.3. The largest absolute Gasteiger partial charge is 0.261 e. The fourth-order valence-corrected chi connectivity index (χ4v) is 10.5. The molecule has 0 saturated carbocycles. The molecule has 9 heteroatoms. The van der Waals surface area contributed by atoms with Crippen LogP contribution in [0.15, 0.2) is 147 Å². The molecule has 0 aliphatic carbocycles. The van der Waals surface area contributed by atoms with E-state index in [4.69, 9.17) is 0 Å². The molecule has 0 aliphatic heterocycles. The highest BCUT2D eigenvalue weighted by atomic mass is 28.3. The van der Waals surface area contributed by atoms with E-state index in [0.717, 1.165) is 55.4 Å². The molecule has 0 atom stereocenters. The Kier molecular flexibility index (Phi) is 7.50. The van der Waals surface area contributed by atoms with Crippen molar-refractivity contribution in [2.24, 2.45) is 0 Å². The van der Waals surface area contributed by atoms with E-state index in [2.05, 4.69) is 29.9 Å². The van der Waals surface area contributed by atoms with Gasteiger partial charge >= 0.3 is 0 Å². The number of hydrogen-bond acceptors (Lipinski definition) is 6. The molecule has 0 bridgehead atoms. The Hall–Kier alpha value is -5.80. The maximum absolute atomic E-state index is 15.1. The minimum absolute atomic E-state index is 0.576. The topological polar surface area (TPSA) is 77.3 Å². The van der Waals surface area contributed by atoms with Crippen molar-refractivity contribution in [1.82, 2.24) is 29.9 Å². The number of hydrogen-bond donors (Lipinski definition) is 0. The maximum atomic E-state index is 15.1. The second kappa shape index (κ2) is 12.1. The highest BCUT2D eigenvalue weighted by Crippen LogP contribution is 2.21. The summed E-state index contributed by atoms with van der Waals surface area (Å²) in [7, 11) is -3.32. The average Bonchev–Trinajstić information content (AvgIpc) is 3.10. The van der Waals surface area contributed by atoms with E-state index in [-0.39, 0.29) is 0 Å². The predicted molar refractivity (Wildman–Crippen MR) is 173 cm³/mol. The fourth-order valence-electron chi connectivity index (χ4n) is 5.79. The first-order valence-electron chi connectivity index (χ1n) is 14.2. The van der Waals surface area contributed by atoms with Crippen LogP contribution in [0, 0.1) is 11.6 Å². The Balaban J connectivity index is 1.48. The molecule has 0 N–H and O–H groups in total. The first-order chi connectivity index (χ1) is 22.1. The van der Waals surface area contributed by atoms with Crippen molar-refractivity contribution in [3.05, 3.63) is 158 Å². The smallest absolute Gasteiger partial charge is 0.179 e. The minimum atomic E-state index is -3.32. The molecule has 0 unspecified atom stereocenters. The van der Waals surface area contributed by atoms with Crippen LogP contribution in [0.4, 0.5) is 8.78 Å². The summed E-state index contributed by atoms with van der Waals surface area (Å²) in [4.78, 5) is 25.9. The molecular formula is C36H24F2N6Si. The summed E-state index contributed by atoms with van der Waals surface area (Å²) in [6, 6.07) is 27.9. The lowest BCUT2D eigenvalue weighted by Gasteiger charge is -2.35. The van der Waals surface area contributed by atoms with E-state index in [0.29, 0.717) is 5.19 Å². The van der Waals surface area contributed by atoms with Crippen molar-refractivity contribution in [2.45, 2.75) is 0 Å². The zero-order chi connectivity index (χ0) is 30.6. The first-order valence-corrected chi connectivity index (χ1v) is 16.2. The highest BCUT2D eigenvalue weighted by molar-refractivity contribution is 7.19. The lowest BCUT2D eigenvalue weighted by molar-refractivity contribution is 0.585. The molecule has 7 rings (SSSR count). The Morgan fingerprint density at radius 3 is 1.00 bits per heavy atom. The summed E-state index contributed by atoms with van der Waals surface area (Å²) >= 11 is 0. The van der Waals surface area contributed by atoms with Crippen LogP contribution in [0.5, 0.6) is 0 Å². The van der Waals surface area contributed by atoms with Crippen LogP contribution in [0.1, 0.15) is 0 Å². The second-order valence-corrected chi connectivity index (χ2v) is 14.2. The zero-order valence-corrected chi connectivity index (χ0v) is 24.8. The molecule has 6 nitrogen and oxygen atoms in total. The van der Waals surface area contributed by atoms with Gasteiger partial charge in [0.1, 0.15) is 11.6 Å². The Morgan fingerprint density at radius 2 is 0.711 bits per heavy atom. The molecule has 45 heavy (non-hydrogen) atoms. The van der Waals surface area contributed by atoms with Gasteiger partial charge in [0.05, 0.1) is 35.7 Å². The van der Waals surface area contributed by atoms with E-state index in [1.54, 1.807) is 55.8 Å². The Labute approximate surface area is 259 Å². The molecule has 3 heterocycles. The van der Waals surface area contributed by atoms with Crippen LogP contribution in [0.25, 0.3) is 33.8 Å². The molecule has 0 spiro atoms. The maximum Gasteiger partial charge on any atom is 0.179 e. The van der Waals surface area contributed by atoms with E-state index in [1.807, 2.05) is 72.8 Å². The van der Waals surface area contributed by atoms with Gasteiger partial charge in [0.25, 0.3) is 0 Å². The van der Waals surface area contributed by atoms with Gasteiger partial charge in [0, 0.05) is 59.9 Å². The van der Waals surface area contributed by atoms with E-state index >= 15 is 8.78 Å². The van der Waals surface area contributed by atoms with Gasteiger partial charge in [-0.05, 0) is 32.9 Å². The quantitative estimate of drug-likeness (QED) is 0.193. The summed E-state index contributed by atoms with van der Waals surface area (Å²) in [6.45, 7) is 0. The van der Waals surface area contributed by atoms with Gasteiger partial charge in [0.15, 0.2) is 8.07 Å². The van der Waals surface area contributed by atoms with Crippen LogP contribution in [-0.2, 0) is 0 Å². The number of halogens is 2. The monoisotopic (exact) mass is 606 g/mol. The Bertz CT molecular complexity index is 1830. The summed E-state index contributed by atoms with van der Waals surface area (Å²) in [5.41, 5.74) is 4.85. The first kappa shape index (κ1) is 28.0. The van der Waals surface area contributed by atoms with Gasteiger partial charge in [-0.3, -0.25) is 29.9 Å². The third-order valence-electron chi connectivity index (χ3n) is 7.83. The molecule has 7 aromatic rings. The van der Waals surface area contributed by atoms with Gasteiger partial charge in [-0.25, -0.2) is 8.78 Å². The SMILES string of the molecule is Fc1cc(F)cc([Si](c2ccc(-c3cnccn3)cc2)(c2ccc(-c3cnccn3)cc2)c2ccc(-c3cnccn3)cc2)c1. The second-order valence-electron chi connectivity index (χ2n) is 10.4. The molecule has 216 valence electrons. The summed E-state index contributed by atoms with van der Waals surface area (Å²) in [5.74, 6) is -1.27. The third-order valence-corrected chi connectivity index (χ3v) is 12.6. The Morgan fingerprint density at radius 1 is 0.378 bits per heavy atom. The van der Waals surface area contributed by atoms with Gasteiger partial charge in [0.2, 0.25) is 0 Å². The molecule has 3 aromatic heterocycles. The molecule has 0 radical (unpaired) electrons. The van der Waals surface area contributed by atoms with Gasteiger partial charge in [-0.1, -0.05) is 72.8 Å². The zero-order valence-electron chi connectivity index (χ0n) is 23.8. The van der Waals surface area contributed by atoms with E-state index < -0.39 is 19.7 Å². The highest BCUT2D eigenvalue weighted by Gasteiger charge is 2.42. The van der Waals surface area contributed by atoms with Crippen molar-refractivity contribution < 1.29 is 8.78 Å². The number of rotatable bonds is 7. The van der Waals surface area contributed by atoms with Crippen molar-refractivity contribution in [3.63, 3.8) is 0 Å². The third kappa shape index (κ3) is 5.41. The van der Waals surface area contributed by atoms with Crippen LogP contribution in [0.2, 0.25) is 0 Å². The van der Waals surface area contributed by atoms with Crippen molar-refractivity contribution >= 4 is 28.8 Å². The standard InChI is InChI=1S/C36H24F2N6Si/c37-28-19-29(38)21-33(20-28)45(30-7-1-25(2-8-30)34-22-39-13-16-42-34,31-9-3-26(4-10-31)35-23-40-14-17-43-35)32-11-5-27(6-12-32)36-24-41-15-18-44-36/h1-24H. The van der Waals surface area contributed by atoms with Gasteiger partial charge < -0.3 is 0 Å². The summed E-state index contributed by atoms with van der Waals surface area (Å²) in [6.07, 6.45) is 14.9. The number of benzene rings is 4. The lowest BCUT2D eigenvalue weighted by atomic mass is 10.1. The van der Waals surface area contributed by atoms with Crippen molar-refractivity contribution in [3.8, 4) is 33.8 Å². The van der Waals surface area contributed by atoms with E-state index in [9.17, 15) is 0 Å². The van der Waals surface area contributed by atoms with Crippen LogP contribution >= 0.6 is 0 Å². The molecule has 0 amide bonds. The molecule has 0 saturated heterocycles.